The molecule has 2 heterocycles. The van der Waals surface area contributed by atoms with Gasteiger partial charge < -0.3 is 9.84 Å². The normalized spacial score (nSPS) is 16.0. The zero-order valence-electron chi connectivity index (χ0n) is 13.0. The Hall–Kier alpha value is -2.81. The van der Waals surface area contributed by atoms with Crippen LogP contribution in [0.25, 0.3) is 5.76 Å². The Labute approximate surface area is 138 Å². The molecular formula is C15H15N3O5S. The fourth-order valence-corrected chi connectivity index (χ4v) is 3.99. The summed E-state index contributed by atoms with van der Waals surface area (Å²) >= 11 is 0. The van der Waals surface area contributed by atoms with Crippen LogP contribution in [0.5, 0.6) is 0 Å². The molecule has 1 aromatic heterocycles. The van der Waals surface area contributed by atoms with E-state index in [0.717, 1.165) is 12.7 Å². The van der Waals surface area contributed by atoms with E-state index in [4.69, 9.17) is 0 Å². The Bertz CT molecular complexity index is 931. The predicted molar refractivity (Wildman–Crippen MR) is 84.3 cm³/mol. The zero-order valence-corrected chi connectivity index (χ0v) is 13.8. The van der Waals surface area contributed by atoms with Crippen LogP contribution in [0.4, 0.5) is 0 Å². The fraction of sp³-hybridized carbons (Fsp3) is 0.200. The van der Waals surface area contributed by atoms with Gasteiger partial charge in [-0.15, -0.1) is 0 Å². The second-order valence-electron chi connectivity index (χ2n) is 5.17. The molecule has 126 valence electrons. The Kier molecular flexibility index (Phi) is 3.80. The van der Waals surface area contributed by atoms with Crippen molar-refractivity contribution >= 4 is 21.8 Å². The summed E-state index contributed by atoms with van der Waals surface area (Å²) < 4.78 is 32.1. The number of ether oxygens (including phenoxy) is 1. The predicted octanol–water partition coefficient (Wildman–Crippen LogP) is 0.965. The average molecular weight is 349 g/mol. The summed E-state index contributed by atoms with van der Waals surface area (Å²) in [6.07, 6.45) is 1.22. The number of rotatable bonds is 3. The van der Waals surface area contributed by atoms with E-state index < -0.39 is 27.4 Å². The number of carbonyl (C=O) groups excluding carboxylic acids is 1. The van der Waals surface area contributed by atoms with Crippen LogP contribution in [0, 0.1) is 0 Å². The molecule has 1 aliphatic rings. The Balaban J connectivity index is 2.17. The van der Waals surface area contributed by atoms with Crippen LogP contribution in [0.3, 0.4) is 0 Å². The first kappa shape index (κ1) is 16.1. The largest absolute Gasteiger partial charge is 0.505 e. The molecule has 0 amide bonds. The molecular weight excluding hydrogens is 334 g/mol. The number of likely N-dealkylation sites (N-methyl/N-ethyl adjacent to an activating group) is 1. The van der Waals surface area contributed by atoms with Crippen molar-refractivity contribution in [1.29, 1.82) is 0 Å². The quantitative estimate of drug-likeness (QED) is 0.829. The van der Waals surface area contributed by atoms with Gasteiger partial charge in [-0.25, -0.2) is 9.48 Å². The average Bonchev–Trinajstić information content (AvgIpc) is 2.99. The van der Waals surface area contributed by atoms with Crippen LogP contribution in [0.2, 0.25) is 0 Å². The summed E-state index contributed by atoms with van der Waals surface area (Å²) in [6.45, 7) is 0.212. The second kappa shape index (κ2) is 5.68. The zero-order chi connectivity index (χ0) is 17.5. The van der Waals surface area contributed by atoms with Crippen LogP contribution in [0.15, 0.2) is 47.3 Å². The van der Waals surface area contributed by atoms with E-state index in [2.05, 4.69) is 9.84 Å². The van der Waals surface area contributed by atoms with E-state index in [1.54, 1.807) is 0 Å². The maximum absolute atomic E-state index is 12.8. The smallest absolute Gasteiger partial charge is 0.359 e. The van der Waals surface area contributed by atoms with Crippen molar-refractivity contribution in [3.63, 3.8) is 0 Å². The molecule has 0 bridgehead atoms. The molecule has 8 nitrogen and oxygen atoms in total. The lowest BCUT2D eigenvalue weighted by atomic mass is 10.2. The van der Waals surface area contributed by atoms with E-state index in [9.17, 15) is 18.3 Å². The van der Waals surface area contributed by atoms with Gasteiger partial charge in [-0.3, -0.25) is 4.31 Å². The number of aliphatic hydroxyl groups is 1. The summed E-state index contributed by atoms with van der Waals surface area (Å²) in [5, 5.41) is 14.2. The molecule has 3 rings (SSSR count). The number of fused-ring (bicyclic) bond motifs is 1. The summed E-state index contributed by atoms with van der Waals surface area (Å²) in [5.41, 5.74) is 0.386. The summed E-state index contributed by atoms with van der Waals surface area (Å²) in [6, 6.07) is 9.19. The minimum atomic E-state index is -4.05. The van der Waals surface area contributed by atoms with E-state index in [-0.39, 0.29) is 17.1 Å². The number of carbonyl (C=O) groups is 1. The van der Waals surface area contributed by atoms with Crippen LogP contribution in [-0.2, 0) is 26.1 Å². The second-order valence-corrected chi connectivity index (χ2v) is 7.05. The van der Waals surface area contributed by atoms with Crippen molar-refractivity contribution in [2.24, 2.45) is 0 Å². The molecule has 0 radical (unpaired) electrons. The van der Waals surface area contributed by atoms with E-state index in [1.807, 2.05) is 30.3 Å². The van der Waals surface area contributed by atoms with E-state index >= 15 is 0 Å². The van der Waals surface area contributed by atoms with Gasteiger partial charge in [0, 0.05) is 7.05 Å². The van der Waals surface area contributed by atoms with Gasteiger partial charge in [0.1, 0.15) is 0 Å². The molecule has 0 spiro atoms. The fourth-order valence-electron chi connectivity index (χ4n) is 2.53. The lowest BCUT2D eigenvalue weighted by molar-refractivity contribution is -0.137. The number of esters is 1. The van der Waals surface area contributed by atoms with Crippen LogP contribution in [0.1, 0.15) is 11.1 Å². The molecule has 0 aliphatic carbocycles. The molecule has 24 heavy (non-hydrogen) atoms. The van der Waals surface area contributed by atoms with Crippen molar-refractivity contribution in [2.45, 2.75) is 11.6 Å². The molecule has 1 aromatic carbocycles. The third kappa shape index (κ3) is 2.33. The molecule has 0 atom stereocenters. The van der Waals surface area contributed by atoms with Gasteiger partial charge in [0.25, 0.3) is 10.0 Å². The molecule has 0 saturated heterocycles. The number of benzene rings is 1. The van der Waals surface area contributed by atoms with Gasteiger partial charge in [-0.05, 0) is 5.56 Å². The van der Waals surface area contributed by atoms with Gasteiger partial charge >= 0.3 is 5.97 Å². The van der Waals surface area contributed by atoms with Gasteiger partial charge in [0.2, 0.25) is 0 Å². The van der Waals surface area contributed by atoms with E-state index in [1.165, 1.54) is 17.9 Å². The Morgan fingerprint density at radius 3 is 2.58 bits per heavy atom. The summed E-state index contributed by atoms with van der Waals surface area (Å²) in [5.74, 6) is -1.42. The minimum Gasteiger partial charge on any atom is -0.505 e. The summed E-state index contributed by atoms with van der Waals surface area (Å²) in [4.78, 5) is 11.8. The standard InChI is InChI=1S/C15H15N3O5S/c1-17-12(15(20)23-2)13(19)11-8-16-18(14(11)24(17,21)22)9-10-6-4-3-5-7-10/h3-8,19H,9H2,1-2H3. The Morgan fingerprint density at radius 2 is 1.96 bits per heavy atom. The van der Waals surface area contributed by atoms with Gasteiger partial charge in [0.05, 0.1) is 25.4 Å². The van der Waals surface area contributed by atoms with Gasteiger partial charge in [0.15, 0.2) is 16.5 Å². The topological polar surface area (TPSA) is 102 Å². The molecule has 9 heteroatoms. The third-order valence-electron chi connectivity index (χ3n) is 3.74. The van der Waals surface area contributed by atoms with Crippen LogP contribution >= 0.6 is 0 Å². The number of hydrogen-bond acceptors (Lipinski definition) is 6. The third-order valence-corrected chi connectivity index (χ3v) is 5.57. The van der Waals surface area contributed by atoms with Crippen molar-refractivity contribution < 1.29 is 23.1 Å². The first-order valence-electron chi connectivity index (χ1n) is 6.98. The first-order chi connectivity index (χ1) is 11.4. The lowest BCUT2D eigenvalue weighted by Crippen LogP contribution is -2.36. The number of methoxy groups -OCH3 is 1. The van der Waals surface area contributed by atoms with Gasteiger partial charge in [-0.2, -0.15) is 13.5 Å². The number of sulfonamides is 1. The maximum atomic E-state index is 12.8. The molecule has 0 unspecified atom stereocenters. The van der Waals surface area contributed by atoms with Crippen molar-refractivity contribution in [1.82, 2.24) is 14.1 Å². The lowest BCUT2D eigenvalue weighted by Gasteiger charge is -2.26. The number of nitrogens with zero attached hydrogens (tertiary/aromatic N) is 3. The first-order valence-corrected chi connectivity index (χ1v) is 8.42. The van der Waals surface area contributed by atoms with E-state index in [0.29, 0.717) is 4.31 Å². The molecule has 2 aromatic rings. The summed E-state index contributed by atoms with van der Waals surface area (Å²) in [7, 11) is -1.76. The number of aliphatic hydroxyl groups excluding tert-OH is 1. The highest BCUT2D eigenvalue weighted by molar-refractivity contribution is 7.89. The number of hydrogen-bond donors (Lipinski definition) is 1. The highest BCUT2D eigenvalue weighted by Crippen LogP contribution is 2.35. The maximum Gasteiger partial charge on any atom is 0.359 e. The monoisotopic (exact) mass is 349 g/mol. The van der Waals surface area contributed by atoms with Crippen molar-refractivity contribution in [3.8, 4) is 0 Å². The van der Waals surface area contributed by atoms with Gasteiger partial charge in [-0.1, -0.05) is 30.3 Å². The number of aromatic nitrogens is 2. The SMILES string of the molecule is COC(=O)C1=C(O)c2cnn(Cc3ccccc3)c2S(=O)(=O)N1C. The van der Waals surface area contributed by atoms with Crippen LogP contribution in [-0.4, -0.2) is 47.7 Å². The molecule has 1 aliphatic heterocycles. The highest BCUT2D eigenvalue weighted by atomic mass is 32.2. The molecule has 1 N–H and O–H groups in total. The molecule has 0 fully saturated rings. The minimum absolute atomic E-state index is 0.0237. The highest BCUT2D eigenvalue weighted by Gasteiger charge is 2.41. The van der Waals surface area contributed by atoms with Crippen molar-refractivity contribution in [2.75, 3.05) is 14.2 Å². The Morgan fingerprint density at radius 1 is 1.29 bits per heavy atom. The molecule has 0 saturated carbocycles. The van der Waals surface area contributed by atoms with Crippen molar-refractivity contribution in [3.05, 3.63) is 53.4 Å². The van der Waals surface area contributed by atoms with Crippen LogP contribution < -0.4 is 0 Å².